The Morgan fingerprint density at radius 1 is 1.32 bits per heavy atom. The number of hydrogen-bond acceptors (Lipinski definition) is 4. The van der Waals surface area contributed by atoms with Crippen molar-refractivity contribution in [3.63, 3.8) is 0 Å². The Morgan fingerprint density at radius 2 is 2.05 bits per heavy atom. The second-order valence-electron chi connectivity index (χ2n) is 4.64. The van der Waals surface area contributed by atoms with Gasteiger partial charge in [-0.25, -0.2) is 13.6 Å². The van der Waals surface area contributed by atoms with Gasteiger partial charge in [0.25, 0.3) is 0 Å². The summed E-state index contributed by atoms with van der Waals surface area (Å²) in [6.07, 6.45) is 0. The third-order valence-electron chi connectivity index (χ3n) is 3.27. The number of urea groups is 1. The van der Waals surface area contributed by atoms with Crippen LogP contribution in [0.25, 0.3) is 0 Å². The summed E-state index contributed by atoms with van der Waals surface area (Å²) >= 11 is 0. The lowest BCUT2D eigenvalue weighted by atomic mass is 9.88. The lowest BCUT2D eigenvalue weighted by molar-refractivity contribution is -0.144. The maximum absolute atomic E-state index is 13.4. The van der Waals surface area contributed by atoms with Crippen LogP contribution in [0, 0.1) is 17.6 Å². The predicted molar refractivity (Wildman–Crippen MR) is 72.4 cm³/mol. The molecule has 1 aliphatic heterocycles. The minimum Gasteiger partial charge on any atom is -0.468 e. The highest BCUT2D eigenvalue weighted by atomic mass is 19.2. The van der Waals surface area contributed by atoms with Crippen LogP contribution in [0.2, 0.25) is 0 Å². The van der Waals surface area contributed by atoms with E-state index in [1.165, 1.54) is 20.3 Å². The van der Waals surface area contributed by atoms with Gasteiger partial charge in [0.05, 0.1) is 25.5 Å². The van der Waals surface area contributed by atoms with Gasteiger partial charge in [-0.05, 0) is 17.7 Å². The van der Waals surface area contributed by atoms with Crippen LogP contribution in [0.1, 0.15) is 11.6 Å². The minimum absolute atomic E-state index is 0.0621. The predicted octanol–water partition coefficient (Wildman–Crippen LogP) is 1.61. The zero-order chi connectivity index (χ0) is 16.3. The standard InChI is InChI=1S/C14H14F2N2O4/c1-21-6-10-11(13(19)22-2)12(18-14(20)17-10)7-3-4-8(15)9(16)5-7/h3-5,11-12H,6H2,1-2H3,(H,18,20)/t11?,12-/m1/s1. The molecular weight excluding hydrogens is 298 g/mol. The molecule has 22 heavy (non-hydrogen) atoms. The topological polar surface area (TPSA) is 77.0 Å². The molecule has 0 fully saturated rings. The molecule has 1 aliphatic rings. The van der Waals surface area contributed by atoms with Crippen LogP contribution < -0.4 is 5.32 Å². The number of rotatable bonds is 4. The maximum atomic E-state index is 13.4. The van der Waals surface area contributed by atoms with Crippen LogP contribution in [0.3, 0.4) is 0 Å². The van der Waals surface area contributed by atoms with Gasteiger partial charge in [-0.1, -0.05) is 6.07 Å². The second kappa shape index (κ2) is 6.61. The molecule has 0 radical (unpaired) electrons. The van der Waals surface area contributed by atoms with Gasteiger partial charge >= 0.3 is 12.0 Å². The fourth-order valence-electron chi connectivity index (χ4n) is 2.29. The van der Waals surface area contributed by atoms with Crippen molar-refractivity contribution in [1.29, 1.82) is 0 Å². The van der Waals surface area contributed by atoms with E-state index in [4.69, 9.17) is 9.47 Å². The van der Waals surface area contributed by atoms with Crippen LogP contribution in [0.4, 0.5) is 13.6 Å². The number of ether oxygens (including phenoxy) is 2. The number of aliphatic imine (C=N–C) groups is 1. The molecule has 1 aromatic rings. The number of benzene rings is 1. The van der Waals surface area contributed by atoms with Crippen LogP contribution in [0.5, 0.6) is 0 Å². The fourth-order valence-corrected chi connectivity index (χ4v) is 2.29. The average molecular weight is 312 g/mol. The van der Waals surface area contributed by atoms with Gasteiger partial charge in [0, 0.05) is 7.11 Å². The summed E-state index contributed by atoms with van der Waals surface area (Å²) in [4.78, 5) is 27.4. The van der Waals surface area contributed by atoms with E-state index in [9.17, 15) is 18.4 Å². The lowest BCUT2D eigenvalue weighted by Gasteiger charge is -2.30. The SMILES string of the molecule is COCC1=NC(=O)N[C@H](c2ccc(F)c(F)c2)C1C(=O)OC. The van der Waals surface area contributed by atoms with Crippen LogP contribution >= 0.6 is 0 Å². The number of nitrogens with zero attached hydrogens (tertiary/aromatic N) is 1. The molecule has 0 saturated carbocycles. The largest absolute Gasteiger partial charge is 0.468 e. The van der Waals surface area contributed by atoms with Crippen molar-refractivity contribution in [3.8, 4) is 0 Å². The highest BCUT2D eigenvalue weighted by Crippen LogP contribution is 2.29. The number of halogens is 2. The first-order chi connectivity index (χ1) is 10.5. The van der Waals surface area contributed by atoms with Gasteiger partial charge in [0.1, 0.15) is 5.92 Å². The summed E-state index contributed by atoms with van der Waals surface area (Å²) in [5, 5.41) is 2.46. The average Bonchev–Trinajstić information content (AvgIpc) is 2.49. The number of nitrogens with one attached hydrogen (secondary N) is 1. The molecule has 118 valence electrons. The van der Waals surface area contributed by atoms with Gasteiger partial charge in [-0.2, -0.15) is 4.99 Å². The summed E-state index contributed by atoms with van der Waals surface area (Å²) < 4.78 is 36.1. The minimum atomic E-state index is -1.08. The van der Waals surface area contributed by atoms with Crippen molar-refractivity contribution in [2.24, 2.45) is 10.9 Å². The van der Waals surface area contributed by atoms with E-state index in [0.717, 1.165) is 12.1 Å². The summed E-state index contributed by atoms with van der Waals surface area (Å²) in [6.45, 7) is -0.0621. The fraction of sp³-hybridized carbons (Fsp3) is 0.357. The van der Waals surface area contributed by atoms with Crippen molar-refractivity contribution >= 4 is 17.7 Å². The van der Waals surface area contributed by atoms with Crippen molar-refractivity contribution in [2.75, 3.05) is 20.8 Å². The van der Waals surface area contributed by atoms with E-state index < -0.39 is 35.6 Å². The molecular formula is C14H14F2N2O4. The number of carbonyl (C=O) groups is 2. The van der Waals surface area contributed by atoms with E-state index in [0.29, 0.717) is 0 Å². The van der Waals surface area contributed by atoms with Crippen molar-refractivity contribution in [2.45, 2.75) is 6.04 Å². The number of amides is 2. The number of methoxy groups -OCH3 is 2. The number of esters is 1. The van der Waals surface area contributed by atoms with Crippen LogP contribution in [-0.2, 0) is 14.3 Å². The zero-order valence-corrected chi connectivity index (χ0v) is 11.9. The molecule has 2 rings (SSSR count). The van der Waals surface area contributed by atoms with E-state index in [2.05, 4.69) is 10.3 Å². The Kier molecular flexibility index (Phi) is 4.81. The Morgan fingerprint density at radius 3 is 2.64 bits per heavy atom. The highest BCUT2D eigenvalue weighted by molar-refractivity contribution is 6.09. The molecule has 0 spiro atoms. The molecule has 2 amide bonds. The Balaban J connectivity index is 2.46. The van der Waals surface area contributed by atoms with Crippen LogP contribution in [0.15, 0.2) is 23.2 Å². The molecule has 1 N–H and O–H groups in total. The summed E-state index contributed by atoms with van der Waals surface area (Å²) in [5.41, 5.74) is 0.388. The Hall–Kier alpha value is -2.35. The van der Waals surface area contributed by atoms with Crippen molar-refractivity contribution in [1.82, 2.24) is 5.32 Å². The Bertz CT molecular complexity index is 633. The molecule has 2 atom stereocenters. The molecule has 1 heterocycles. The molecule has 6 nitrogen and oxygen atoms in total. The molecule has 0 aromatic heterocycles. The van der Waals surface area contributed by atoms with E-state index in [-0.39, 0.29) is 17.9 Å². The van der Waals surface area contributed by atoms with E-state index >= 15 is 0 Å². The van der Waals surface area contributed by atoms with Crippen molar-refractivity contribution < 1.29 is 27.8 Å². The second-order valence-corrected chi connectivity index (χ2v) is 4.64. The van der Waals surface area contributed by atoms with Crippen LogP contribution in [-0.4, -0.2) is 38.5 Å². The molecule has 0 bridgehead atoms. The van der Waals surface area contributed by atoms with Gasteiger partial charge in [0.15, 0.2) is 11.6 Å². The summed E-state index contributed by atoms with van der Waals surface area (Å²) in [7, 11) is 2.57. The third-order valence-corrected chi connectivity index (χ3v) is 3.27. The molecule has 0 aliphatic carbocycles. The first kappa shape index (κ1) is 16.0. The van der Waals surface area contributed by atoms with E-state index in [1.807, 2.05) is 0 Å². The lowest BCUT2D eigenvalue weighted by Crippen LogP contribution is -2.46. The van der Waals surface area contributed by atoms with Gasteiger partial charge < -0.3 is 14.8 Å². The smallest absolute Gasteiger partial charge is 0.341 e. The highest BCUT2D eigenvalue weighted by Gasteiger charge is 2.39. The molecule has 1 aromatic carbocycles. The normalized spacial score (nSPS) is 21.1. The molecule has 1 unspecified atom stereocenters. The quantitative estimate of drug-likeness (QED) is 0.857. The summed E-state index contributed by atoms with van der Waals surface area (Å²) in [5.74, 6) is -3.74. The van der Waals surface area contributed by atoms with Gasteiger partial charge in [0.2, 0.25) is 0 Å². The number of carbonyl (C=O) groups excluding carboxylic acids is 2. The third kappa shape index (κ3) is 3.11. The Labute approximate surface area is 125 Å². The zero-order valence-electron chi connectivity index (χ0n) is 11.9. The van der Waals surface area contributed by atoms with Gasteiger partial charge in [-0.3, -0.25) is 4.79 Å². The monoisotopic (exact) mass is 312 g/mol. The van der Waals surface area contributed by atoms with Crippen molar-refractivity contribution in [3.05, 3.63) is 35.4 Å². The van der Waals surface area contributed by atoms with Gasteiger partial charge in [-0.15, -0.1) is 0 Å². The number of hydrogen-bond donors (Lipinski definition) is 1. The summed E-state index contributed by atoms with van der Waals surface area (Å²) in [6, 6.07) is 1.52. The van der Waals surface area contributed by atoms with E-state index in [1.54, 1.807) is 0 Å². The molecule has 0 saturated heterocycles. The first-order valence-corrected chi connectivity index (χ1v) is 6.37. The molecule has 8 heteroatoms. The maximum Gasteiger partial charge on any atom is 0.341 e. The first-order valence-electron chi connectivity index (χ1n) is 6.37.